The molecule has 0 aliphatic carbocycles. The Kier molecular flexibility index (Phi) is 9.73. The molecule has 36 heavy (non-hydrogen) atoms. The van der Waals surface area contributed by atoms with Gasteiger partial charge in [0.1, 0.15) is 11.4 Å². The van der Waals surface area contributed by atoms with Crippen molar-refractivity contribution in [2.45, 2.75) is 71.9 Å². The molecule has 2 amide bonds. The molecule has 0 aromatic heterocycles. The summed E-state index contributed by atoms with van der Waals surface area (Å²) in [7, 11) is 0. The summed E-state index contributed by atoms with van der Waals surface area (Å²) < 4.78 is 47.6. The topological polar surface area (TPSA) is 89.3 Å². The van der Waals surface area contributed by atoms with Crippen LogP contribution in [0.1, 0.15) is 58.9 Å². The quantitative estimate of drug-likeness (QED) is 0.402. The number of amides is 2. The summed E-state index contributed by atoms with van der Waals surface area (Å²) in [5.74, 6) is -2.75. The van der Waals surface area contributed by atoms with Gasteiger partial charge < -0.3 is 19.7 Å². The minimum atomic E-state index is -4.95. The van der Waals surface area contributed by atoms with E-state index in [2.05, 4.69) is 14.9 Å². The molecule has 0 saturated carbocycles. The summed E-state index contributed by atoms with van der Waals surface area (Å²) in [5, 5.41) is 2.62. The Morgan fingerprint density at radius 2 is 1.94 bits per heavy atom. The third kappa shape index (κ3) is 9.06. The van der Waals surface area contributed by atoms with Gasteiger partial charge in [-0.05, 0) is 46.1 Å². The number of benzene rings is 1. The van der Waals surface area contributed by atoms with Gasteiger partial charge in [0, 0.05) is 31.1 Å². The number of esters is 1. The van der Waals surface area contributed by atoms with E-state index in [1.54, 1.807) is 32.6 Å². The lowest BCUT2D eigenvalue weighted by molar-refractivity contribution is -0.274. The van der Waals surface area contributed by atoms with Gasteiger partial charge in [-0.3, -0.25) is 14.4 Å². The number of ether oxygens (including phenoxy) is 2. The van der Waals surface area contributed by atoms with Gasteiger partial charge in [-0.2, -0.15) is 0 Å². The Morgan fingerprint density at radius 3 is 2.53 bits per heavy atom. The molecule has 0 bridgehead atoms. The predicted molar refractivity (Wildman–Crippen MR) is 125 cm³/mol. The third-order valence-corrected chi connectivity index (χ3v) is 5.64. The van der Waals surface area contributed by atoms with Crippen LogP contribution in [0.15, 0.2) is 18.2 Å². The third-order valence-electron chi connectivity index (χ3n) is 5.64. The Hall–Kier alpha value is -3.29. The number of rotatable bonds is 8. The van der Waals surface area contributed by atoms with Crippen molar-refractivity contribution in [2.75, 3.05) is 13.1 Å². The van der Waals surface area contributed by atoms with Crippen LogP contribution in [0.3, 0.4) is 0 Å². The zero-order valence-corrected chi connectivity index (χ0v) is 20.9. The van der Waals surface area contributed by atoms with Crippen molar-refractivity contribution in [3.8, 4) is 5.75 Å². The second kappa shape index (κ2) is 12.1. The number of hydrogen-bond acceptors (Lipinski definition) is 5. The van der Waals surface area contributed by atoms with E-state index >= 15 is 0 Å². The molecule has 1 saturated heterocycles. The van der Waals surface area contributed by atoms with Gasteiger partial charge in [0.15, 0.2) is 5.69 Å². The lowest BCUT2D eigenvalue weighted by Crippen LogP contribution is -2.47. The van der Waals surface area contributed by atoms with Crippen LogP contribution in [0.2, 0.25) is 0 Å². The van der Waals surface area contributed by atoms with Crippen molar-refractivity contribution in [1.29, 1.82) is 0 Å². The predicted octanol–water partition coefficient (Wildman–Crippen LogP) is 4.75. The summed E-state index contributed by atoms with van der Waals surface area (Å²) in [6.45, 7) is 14.4. The van der Waals surface area contributed by atoms with Crippen LogP contribution < -0.4 is 10.1 Å². The number of alkyl halides is 3. The second-order valence-corrected chi connectivity index (χ2v) is 9.69. The summed E-state index contributed by atoms with van der Waals surface area (Å²) in [5.41, 5.74) is -0.614. The van der Waals surface area contributed by atoms with Crippen molar-refractivity contribution in [3.05, 3.63) is 35.2 Å². The normalized spacial score (nSPS) is 17.1. The second-order valence-electron chi connectivity index (χ2n) is 9.69. The molecule has 1 aliphatic rings. The lowest BCUT2D eigenvalue weighted by atomic mass is 9.94. The maximum atomic E-state index is 13.1. The Labute approximate surface area is 208 Å². The fourth-order valence-electron chi connectivity index (χ4n) is 3.95. The van der Waals surface area contributed by atoms with Gasteiger partial charge in [0.25, 0.3) is 0 Å². The van der Waals surface area contributed by atoms with E-state index in [9.17, 15) is 27.6 Å². The number of halogens is 3. The van der Waals surface area contributed by atoms with E-state index in [1.807, 2.05) is 0 Å². The minimum Gasteiger partial charge on any atom is -0.460 e. The van der Waals surface area contributed by atoms with Crippen molar-refractivity contribution < 1.29 is 37.0 Å². The van der Waals surface area contributed by atoms with Gasteiger partial charge in [-0.15, -0.1) is 13.2 Å². The minimum absolute atomic E-state index is 0.0254. The Balaban J connectivity index is 2.01. The molecule has 2 atom stereocenters. The largest absolute Gasteiger partial charge is 0.573 e. The Morgan fingerprint density at radius 1 is 1.25 bits per heavy atom. The van der Waals surface area contributed by atoms with Crippen LogP contribution in [0.4, 0.5) is 18.9 Å². The number of piperidine rings is 1. The molecule has 11 heteroatoms. The first-order chi connectivity index (χ1) is 16.7. The van der Waals surface area contributed by atoms with E-state index in [4.69, 9.17) is 11.3 Å². The van der Waals surface area contributed by atoms with Crippen molar-refractivity contribution >= 4 is 23.5 Å². The van der Waals surface area contributed by atoms with Gasteiger partial charge >= 0.3 is 12.3 Å². The van der Waals surface area contributed by atoms with Crippen LogP contribution in [0, 0.1) is 18.4 Å². The van der Waals surface area contributed by atoms with Crippen LogP contribution in [0.5, 0.6) is 5.75 Å². The number of carbonyl (C=O) groups is 3. The SMILES string of the molecule is [C-]#[N+]c1ccc(CNC(=O)[C@@H]2CCCN(C(=O)[C@@H](CC)CC(=O)OC(C)(C)C)C2)c(OC(F)(F)F)c1. The fourth-order valence-corrected chi connectivity index (χ4v) is 3.95. The van der Waals surface area contributed by atoms with Crippen molar-refractivity contribution in [2.24, 2.45) is 11.8 Å². The van der Waals surface area contributed by atoms with Gasteiger partial charge in [-0.1, -0.05) is 19.1 Å². The van der Waals surface area contributed by atoms with E-state index in [1.165, 1.54) is 12.1 Å². The number of nitrogens with one attached hydrogen (secondary N) is 1. The highest BCUT2D eigenvalue weighted by Crippen LogP contribution is 2.31. The van der Waals surface area contributed by atoms with E-state index < -0.39 is 41.4 Å². The highest BCUT2D eigenvalue weighted by molar-refractivity contribution is 5.85. The van der Waals surface area contributed by atoms with Crippen LogP contribution in [-0.4, -0.2) is 47.7 Å². The zero-order valence-electron chi connectivity index (χ0n) is 20.9. The summed E-state index contributed by atoms with van der Waals surface area (Å²) >= 11 is 0. The molecular formula is C25H32F3N3O5. The monoisotopic (exact) mass is 511 g/mol. The van der Waals surface area contributed by atoms with E-state index in [0.717, 1.165) is 6.07 Å². The molecule has 0 spiro atoms. The molecular weight excluding hydrogens is 479 g/mol. The molecule has 1 aromatic rings. The summed E-state index contributed by atoms with van der Waals surface area (Å²) in [4.78, 5) is 42.7. The molecule has 1 fully saturated rings. The smallest absolute Gasteiger partial charge is 0.460 e. The standard InChI is InChI=1S/C25H32F3N3O5/c1-6-16(12-21(32)36-24(2,3)4)23(34)31-11-7-8-18(15-31)22(33)30-14-17-9-10-19(29-5)13-20(17)35-25(26,27)28/h9-10,13,16,18H,6-8,11-12,14-15H2,1-4H3,(H,30,33)/t16-,18+/m0/s1. The molecule has 1 aromatic carbocycles. The zero-order chi connectivity index (χ0) is 27.1. The molecule has 1 N–H and O–H groups in total. The average Bonchev–Trinajstić information content (AvgIpc) is 2.78. The number of hydrogen-bond donors (Lipinski definition) is 1. The first-order valence-electron chi connectivity index (χ1n) is 11.8. The maximum Gasteiger partial charge on any atom is 0.573 e. The molecule has 0 unspecified atom stereocenters. The first kappa shape index (κ1) is 28.9. The lowest BCUT2D eigenvalue weighted by Gasteiger charge is -2.34. The van der Waals surface area contributed by atoms with Crippen molar-refractivity contribution in [1.82, 2.24) is 10.2 Å². The Bertz CT molecular complexity index is 998. The molecule has 198 valence electrons. The van der Waals surface area contributed by atoms with Crippen LogP contribution in [0.25, 0.3) is 4.85 Å². The summed E-state index contributed by atoms with van der Waals surface area (Å²) in [6, 6.07) is 3.61. The van der Waals surface area contributed by atoms with E-state index in [-0.39, 0.29) is 36.7 Å². The maximum absolute atomic E-state index is 13.1. The molecule has 8 nitrogen and oxygen atoms in total. The summed E-state index contributed by atoms with van der Waals surface area (Å²) in [6.07, 6.45) is -3.47. The molecule has 2 rings (SSSR count). The highest BCUT2D eigenvalue weighted by Gasteiger charge is 2.34. The number of likely N-dealkylation sites (tertiary alicyclic amines) is 1. The average molecular weight is 512 g/mol. The van der Waals surface area contributed by atoms with Gasteiger partial charge in [0.05, 0.1) is 18.9 Å². The van der Waals surface area contributed by atoms with Gasteiger partial charge in [-0.25, -0.2) is 4.85 Å². The fraction of sp³-hybridized carbons (Fsp3) is 0.600. The van der Waals surface area contributed by atoms with Crippen molar-refractivity contribution in [3.63, 3.8) is 0 Å². The van der Waals surface area contributed by atoms with Crippen LogP contribution in [-0.2, 0) is 25.7 Å². The highest BCUT2D eigenvalue weighted by atomic mass is 19.4. The first-order valence-corrected chi connectivity index (χ1v) is 11.8. The van der Waals surface area contributed by atoms with Crippen LogP contribution >= 0.6 is 0 Å². The van der Waals surface area contributed by atoms with Gasteiger partial charge in [0.2, 0.25) is 11.8 Å². The molecule has 1 heterocycles. The number of nitrogens with zero attached hydrogens (tertiary/aromatic N) is 2. The molecule has 1 aliphatic heterocycles. The number of carbonyl (C=O) groups excluding carboxylic acids is 3. The molecule has 0 radical (unpaired) electrons. The van der Waals surface area contributed by atoms with E-state index in [0.29, 0.717) is 25.8 Å².